The van der Waals surface area contributed by atoms with E-state index in [0.717, 1.165) is 18.8 Å². The fourth-order valence-electron chi connectivity index (χ4n) is 8.43. The Bertz CT molecular complexity index is 865. The van der Waals surface area contributed by atoms with E-state index in [-0.39, 0.29) is 47.8 Å². The minimum atomic E-state index is -0.492. The number of rotatable bonds is 8. The van der Waals surface area contributed by atoms with Crippen molar-refractivity contribution in [3.8, 4) is 0 Å². The van der Waals surface area contributed by atoms with Crippen LogP contribution in [0, 0.1) is 71.0 Å². The van der Waals surface area contributed by atoms with Gasteiger partial charge in [-0.25, -0.2) is 0 Å². The van der Waals surface area contributed by atoms with Crippen LogP contribution in [0.15, 0.2) is 12.2 Å². The molecule has 5 unspecified atom stereocenters. The van der Waals surface area contributed by atoms with Crippen molar-refractivity contribution < 1.29 is 24.2 Å². The monoisotopic (exact) mass is 546 g/mol. The molecule has 3 aliphatic carbocycles. The van der Waals surface area contributed by atoms with Gasteiger partial charge in [-0.15, -0.1) is 0 Å². The molecule has 0 aromatic heterocycles. The van der Waals surface area contributed by atoms with Crippen LogP contribution in [0.4, 0.5) is 0 Å². The summed E-state index contributed by atoms with van der Waals surface area (Å²) in [6, 6.07) is 0. The van der Waals surface area contributed by atoms with Crippen molar-refractivity contribution >= 4 is 11.9 Å². The number of ether oxygens (including phenoxy) is 2. The number of carbonyl (C=O) groups is 2. The van der Waals surface area contributed by atoms with E-state index in [1.54, 1.807) is 0 Å². The van der Waals surface area contributed by atoms with E-state index in [4.69, 9.17) is 9.47 Å². The molecule has 1 aliphatic heterocycles. The Morgan fingerprint density at radius 1 is 0.923 bits per heavy atom. The second-order valence-electron chi connectivity index (χ2n) is 15.5. The third-order valence-electron chi connectivity index (χ3n) is 9.57. The van der Waals surface area contributed by atoms with Crippen LogP contribution in [-0.2, 0) is 19.1 Å². The summed E-state index contributed by atoms with van der Waals surface area (Å²) >= 11 is 0. The highest BCUT2D eigenvalue weighted by Gasteiger charge is 2.59. The van der Waals surface area contributed by atoms with E-state index in [2.05, 4.69) is 67.5 Å². The zero-order valence-corrected chi connectivity index (χ0v) is 26.6. The van der Waals surface area contributed by atoms with Crippen LogP contribution >= 0.6 is 0 Å². The van der Waals surface area contributed by atoms with Crippen LogP contribution < -0.4 is 0 Å². The van der Waals surface area contributed by atoms with Gasteiger partial charge < -0.3 is 14.6 Å². The minimum absolute atomic E-state index is 0.0488. The first kappa shape index (κ1) is 32.2. The lowest BCUT2D eigenvalue weighted by molar-refractivity contribution is -0.163. The molecule has 1 N–H and O–H groups in total. The van der Waals surface area contributed by atoms with Crippen LogP contribution in [0.3, 0.4) is 0 Å². The molecule has 39 heavy (non-hydrogen) atoms. The van der Waals surface area contributed by atoms with E-state index >= 15 is 0 Å². The molecule has 2 bridgehead atoms. The lowest BCUT2D eigenvalue weighted by Gasteiger charge is -2.35. The predicted molar refractivity (Wildman–Crippen MR) is 157 cm³/mol. The fraction of sp³-hybridized carbons (Fsp3) is 0.882. The SMILES string of the molecule is CC(C)C[C@H](O)C1C(C(C)C)[C@H]2C=C[C@@H]1C2.CC(C)C[C@H]1OC(=O)C2CC(C(=O)OC(C)(C)C)[C@H](C(C)C)C21. The number of hydrogen-bond donors (Lipinski definition) is 1. The molecule has 2 saturated carbocycles. The van der Waals surface area contributed by atoms with Gasteiger partial charge in [-0.05, 0) is 99.7 Å². The molecule has 10 atom stereocenters. The molecular weight excluding hydrogens is 488 g/mol. The third-order valence-corrected chi connectivity index (χ3v) is 9.57. The highest BCUT2D eigenvalue weighted by molar-refractivity contribution is 5.80. The van der Waals surface area contributed by atoms with Gasteiger partial charge in [-0.2, -0.15) is 0 Å². The van der Waals surface area contributed by atoms with Crippen molar-refractivity contribution in [2.75, 3.05) is 0 Å². The second-order valence-corrected chi connectivity index (χ2v) is 15.5. The quantitative estimate of drug-likeness (QED) is 0.255. The van der Waals surface area contributed by atoms with Crippen LogP contribution in [0.1, 0.15) is 102 Å². The lowest BCUT2D eigenvalue weighted by atomic mass is 9.72. The maximum atomic E-state index is 12.7. The van der Waals surface area contributed by atoms with Gasteiger partial charge in [0.25, 0.3) is 0 Å². The summed E-state index contributed by atoms with van der Waals surface area (Å²) in [5, 5.41) is 10.4. The van der Waals surface area contributed by atoms with Crippen LogP contribution in [0.25, 0.3) is 0 Å². The summed E-state index contributed by atoms with van der Waals surface area (Å²) < 4.78 is 11.3. The number of allylic oxidation sites excluding steroid dienone is 2. The minimum Gasteiger partial charge on any atom is -0.462 e. The standard InChI is InChI=1S/C19H32O4.C15H26O/c1-10(2)8-14-16-13(17(20)22-14)9-12(15(16)11(3)4)18(21)23-19(5,6)7;1-9(2)7-13(16)15-12-6-5-11(8-12)14(15)10(3)4/h10-16H,8-9H2,1-7H3;5-6,9-16H,7-8H2,1-4H3/t12?,13?,14-,15+,16?;11-,12+,13-,14?,15?/m10/s1. The van der Waals surface area contributed by atoms with E-state index in [0.29, 0.717) is 47.8 Å². The van der Waals surface area contributed by atoms with Crippen molar-refractivity contribution in [1.82, 2.24) is 0 Å². The topological polar surface area (TPSA) is 72.8 Å². The zero-order chi connectivity index (χ0) is 29.4. The molecule has 1 saturated heterocycles. The predicted octanol–water partition coefficient (Wildman–Crippen LogP) is 7.31. The Labute approximate surface area is 238 Å². The molecule has 224 valence electrons. The maximum Gasteiger partial charge on any atom is 0.309 e. The summed E-state index contributed by atoms with van der Waals surface area (Å²) in [4.78, 5) is 25.0. The zero-order valence-electron chi connectivity index (χ0n) is 26.6. The summed E-state index contributed by atoms with van der Waals surface area (Å²) in [7, 11) is 0. The summed E-state index contributed by atoms with van der Waals surface area (Å²) in [6.07, 6.45) is 8.33. The number of hydrogen-bond acceptors (Lipinski definition) is 5. The number of cyclic esters (lactones) is 1. The van der Waals surface area contributed by atoms with Gasteiger partial charge in [0.2, 0.25) is 0 Å². The van der Waals surface area contributed by atoms with E-state index in [1.807, 2.05) is 20.8 Å². The molecule has 0 spiro atoms. The molecule has 3 fully saturated rings. The molecule has 1 heterocycles. The van der Waals surface area contributed by atoms with Crippen LogP contribution in [0.2, 0.25) is 0 Å². The van der Waals surface area contributed by atoms with Crippen molar-refractivity contribution in [2.45, 2.75) is 120 Å². The van der Waals surface area contributed by atoms with Gasteiger partial charge >= 0.3 is 11.9 Å². The molecule has 5 heteroatoms. The number of aliphatic hydroxyl groups excluding tert-OH is 1. The first-order valence-electron chi connectivity index (χ1n) is 15.8. The fourth-order valence-corrected chi connectivity index (χ4v) is 8.43. The molecule has 4 rings (SSSR count). The summed E-state index contributed by atoms with van der Waals surface area (Å²) in [6.45, 7) is 23.3. The van der Waals surface area contributed by atoms with E-state index < -0.39 is 5.60 Å². The average molecular weight is 547 g/mol. The Balaban J connectivity index is 0.000000230. The molecular formula is C34H58O5. The van der Waals surface area contributed by atoms with Crippen molar-refractivity contribution in [1.29, 1.82) is 0 Å². The van der Waals surface area contributed by atoms with Crippen molar-refractivity contribution in [2.24, 2.45) is 71.0 Å². The van der Waals surface area contributed by atoms with E-state index in [9.17, 15) is 14.7 Å². The maximum absolute atomic E-state index is 12.7. The van der Waals surface area contributed by atoms with Gasteiger partial charge in [0.05, 0.1) is 17.9 Å². The third kappa shape index (κ3) is 7.49. The summed E-state index contributed by atoms with van der Waals surface area (Å²) in [5.74, 6) is 4.47. The Kier molecular flexibility index (Phi) is 10.4. The van der Waals surface area contributed by atoms with Crippen molar-refractivity contribution in [3.63, 3.8) is 0 Å². The Hall–Kier alpha value is -1.36. The molecule has 0 amide bonds. The van der Waals surface area contributed by atoms with Gasteiger partial charge in [0.1, 0.15) is 11.7 Å². The number of aliphatic hydroxyl groups is 1. The molecule has 0 radical (unpaired) electrons. The van der Waals surface area contributed by atoms with Gasteiger partial charge in [-0.1, -0.05) is 67.5 Å². The molecule has 5 nitrogen and oxygen atoms in total. The van der Waals surface area contributed by atoms with Crippen molar-refractivity contribution in [3.05, 3.63) is 12.2 Å². The second kappa shape index (κ2) is 12.7. The molecule has 0 aromatic carbocycles. The summed E-state index contributed by atoms with van der Waals surface area (Å²) in [5.41, 5.74) is -0.492. The highest BCUT2D eigenvalue weighted by atomic mass is 16.6. The molecule has 4 aliphatic rings. The first-order valence-corrected chi connectivity index (χ1v) is 15.8. The number of fused-ring (bicyclic) bond motifs is 3. The van der Waals surface area contributed by atoms with Crippen LogP contribution in [-0.4, -0.2) is 34.9 Å². The number of carbonyl (C=O) groups excluding carboxylic acids is 2. The first-order chi connectivity index (χ1) is 18.0. The lowest BCUT2D eigenvalue weighted by Crippen LogP contribution is -2.36. The molecule has 0 aromatic rings. The van der Waals surface area contributed by atoms with Gasteiger partial charge in [0.15, 0.2) is 0 Å². The largest absolute Gasteiger partial charge is 0.462 e. The highest BCUT2D eigenvalue weighted by Crippen LogP contribution is 2.54. The Morgan fingerprint density at radius 2 is 1.49 bits per heavy atom. The smallest absolute Gasteiger partial charge is 0.309 e. The van der Waals surface area contributed by atoms with Gasteiger partial charge in [0, 0.05) is 5.92 Å². The number of esters is 2. The average Bonchev–Trinajstić information content (AvgIpc) is 3.53. The van der Waals surface area contributed by atoms with E-state index in [1.165, 1.54) is 6.42 Å². The normalized spacial score (nSPS) is 36.0. The Morgan fingerprint density at radius 3 is 1.97 bits per heavy atom. The van der Waals surface area contributed by atoms with Crippen LogP contribution in [0.5, 0.6) is 0 Å². The van der Waals surface area contributed by atoms with Gasteiger partial charge in [-0.3, -0.25) is 9.59 Å².